The van der Waals surface area contributed by atoms with Crippen molar-refractivity contribution < 1.29 is 9.90 Å². The van der Waals surface area contributed by atoms with Crippen LogP contribution in [0.4, 0.5) is 0 Å². The quantitative estimate of drug-likeness (QED) is 0.899. The summed E-state index contributed by atoms with van der Waals surface area (Å²) in [7, 11) is 0. The first-order valence-corrected chi connectivity index (χ1v) is 5.90. The van der Waals surface area contributed by atoms with Gasteiger partial charge in [-0.05, 0) is 44.0 Å². The topological polar surface area (TPSA) is 55.1 Å². The molecule has 94 valence electrons. The van der Waals surface area contributed by atoms with Crippen LogP contribution in [0.3, 0.4) is 0 Å². The fourth-order valence-electron chi connectivity index (χ4n) is 1.99. The second kappa shape index (κ2) is 5.04. The summed E-state index contributed by atoms with van der Waals surface area (Å²) in [4.78, 5) is 10.6. The number of carbonyl (C=O) groups is 1. The van der Waals surface area contributed by atoms with Gasteiger partial charge in [-0.15, -0.1) is 0 Å². The van der Waals surface area contributed by atoms with Crippen LogP contribution in [0.1, 0.15) is 23.4 Å². The van der Waals surface area contributed by atoms with Crippen LogP contribution in [0, 0.1) is 13.8 Å². The third-order valence-corrected chi connectivity index (χ3v) is 2.79. The summed E-state index contributed by atoms with van der Waals surface area (Å²) in [5.74, 6) is -0.772. The summed E-state index contributed by atoms with van der Waals surface area (Å²) >= 11 is 0. The Hall–Kier alpha value is -2.10. The largest absolute Gasteiger partial charge is 0.481 e. The zero-order valence-corrected chi connectivity index (χ0v) is 10.6. The third kappa shape index (κ3) is 2.77. The smallest absolute Gasteiger partial charge is 0.303 e. The highest BCUT2D eigenvalue weighted by atomic mass is 16.4. The number of carboxylic acids is 1. The minimum Gasteiger partial charge on any atom is -0.481 e. The molecule has 4 heteroatoms. The second-order valence-electron chi connectivity index (χ2n) is 4.40. The summed E-state index contributed by atoms with van der Waals surface area (Å²) < 4.78 is 1.87. The van der Waals surface area contributed by atoms with Gasteiger partial charge in [0.1, 0.15) is 0 Å². The Morgan fingerprint density at radius 2 is 2.11 bits per heavy atom. The van der Waals surface area contributed by atoms with E-state index in [1.165, 1.54) is 0 Å². The molecule has 1 aromatic heterocycles. The lowest BCUT2D eigenvalue weighted by atomic mass is 10.1. The maximum Gasteiger partial charge on any atom is 0.303 e. The molecule has 2 rings (SSSR count). The van der Waals surface area contributed by atoms with Crippen molar-refractivity contribution in [1.82, 2.24) is 9.78 Å². The molecule has 0 atom stereocenters. The van der Waals surface area contributed by atoms with Gasteiger partial charge in [0.15, 0.2) is 0 Å². The van der Waals surface area contributed by atoms with E-state index in [1.807, 2.05) is 48.9 Å². The van der Waals surface area contributed by atoms with Crippen molar-refractivity contribution in [2.75, 3.05) is 0 Å². The van der Waals surface area contributed by atoms with Crippen LogP contribution in [0.5, 0.6) is 0 Å². The van der Waals surface area contributed by atoms with Crippen LogP contribution >= 0.6 is 0 Å². The fraction of sp³-hybridized carbons (Fsp3) is 0.286. The van der Waals surface area contributed by atoms with Gasteiger partial charge in [0.05, 0.1) is 11.4 Å². The number of aliphatic carboxylic acids is 1. The molecule has 0 aliphatic carbocycles. The molecule has 1 aromatic carbocycles. The number of aryl methyl sites for hydroxylation is 3. The summed E-state index contributed by atoms with van der Waals surface area (Å²) in [6.07, 6.45) is 0.697. The molecule has 0 amide bonds. The first-order valence-electron chi connectivity index (χ1n) is 5.90. The fourth-order valence-corrected chi connectivity index (χ4v) is 1.99. The number of carboxylic acid groups (broad SMARTS) is 1. The van der Waals surface area contributed by atoms with E-state index >= 15 is 0 Å². The van der Waals surface area contributed by atoms with Gasteiger partial charge in [-0.25, -0.2) is 4.68 Å². The predicted molar refractivity (Wildman–Crippen MR) is 69.0 cm³/mol. The van der Waals surface area contributed by atoms with Gasteiger partial charge in [0.25, 0.3) is 0 Å². The SMILES string of the molecule is Cc1cc(C)n(-c2cccc(CCC(=O)O)c2)n1. The van der Waals surface area contributed by atoms with Crippen molar-refractivity contribution in [3.8, 4) is 5.69 Å². The summed E-state index contributed by atoms with van der Waals surface area (Å²) in [5, 5.41) is 13.1. The molecule has 18 heavy (non-hydrogen) atoms. The number of hydrogen-bond acceptors (Lipinski definition) is 2. The van der Waals surface area contributed by atoms with E-state index in [0.717, 1.165) is 22.6 Å². The zero-order chi connectivity index (χ0) is 13.1. The van der Waals surface area contributed by atoms with Gasteiger partial charge >= 0.3 is 5.97 Å². The average Bonchev–Trinajstić information content (AvgIpc) is 2.66. The lowest BCUT2D eigenvalue weighted by molar-refractivity contribution is -0.136. The molecule has 0 spiro atoms. The van der Waals surface area contributed by atoms with E-state index in [-0.39, 0.29) is 6.42 Å². The van der Waals surface area contributed by atoms with Crippen LogP contribution in [-0.2, 0) is 11.2 Å². The number of rotatable bonds is 4. The van der Waals surface area contributed by atoms with Gasteiger partial charge in [-0.1, -0.05) is 12.1 Å². The number of aromatic nitrogens is 2. The van der Waals surface area contributed by atoms with Crippen LogP contribution in [0.2, 0.25) is 0 Å². The molecule has 0 saturated carbocycles. The predicted octanol–water partition coefficient (Wildman–Crippen LogP) is 2.51. The van der Waals surface area contributed by atoms with E-state index < -0.39 is 5.97 Å². The van der Waals surface area contributed by atoms with Gasteiger partial charge < -0.3 is 5.11 Å². The van der Waals surface area contributed by atoms with E-state index in [9.17, 15) is 4.79 Å². The monoisotopic (exact) mass is 244 g/mol. The van der Waals surface area contributed by atoms with Crippen molar-refractivity contribution in [1.29, 1.82) is 0 Å². The van der Waals surface area contributed by atoms with Crippen LogP contribution in [0.25, 0.3) is 5.69 Å². The Kier molecular flexibility index (Phi) is 3.46. The van der Waals surface area contributed by atoms with E-state index in [1.54, 1.807) is 0 Å². The first-order chi connectivity index (χ1) is 8.56. The molecule has 0 radical (unpaired) electrons. The summed E-state index contributed by atoms with van der Waals surface area (Å²) in [5.41, 5.74) is 4.04. The Morgan fingerprint density at radius 3 is 2.72 bits per heavy atom. The first kappa shape index (κ1) is 12.4. The van der Waals surface area contributed by atoms with Crippen LogP contribution in [-0.4, -0.2) is 20.9 Å². The second-order valence-corrected chi connectivity index (χ2v) is 4.40. The summed E-state index contributed by atoms with van der Waals surface area (Å²) in [6, 6.07) is 9.86. The van der Waals surface area contributed by atoms with Crippen molar-refractivity contribution in [2.45, 2.75) is 26.7 Å². The molecule has 2 aromatic rings. The highest BCUT2D eigenvalue weighted by molar-refractivity contribution is 5.67. The summed E-state index contributed by atoms with van der Waals surface area (Å²) in [6.45, 7) is 3.96. The zero-order valence-electron chi connectivity index (χ0n) is 10.6. The molecule has 4 nitrogen and oxygen atoms in total. The standard InChI is InChI=1S/C14H16N2O2/c1-10-8-11(2)16(15-10)13-5-3-4-12(9-13)6-7-14(17)18/h3-5,8-9H,6-7H2,1-2H3,(H,17,18). The van der Waals surface area contributed by atoms with Crippen molar-refractivity contribution >= 4 is 5.97 Å². The number of benzene rings is 1. The number of hydrogen-bond donors (Lipinski definition) is 1. The molecular formula is C14H16N2O2. The molecule has 0 aliphatic rings. The van der Waals surface area contributed by atoms with E-state index in [0.29, 0.717) is 6.42 Å². The van der Waals surface area contributed by atoms with E-state index in [4.69, 9.17) is 5.11 Å². The van der Waals surface area contributed by atoms with Gasteiger partial charge in [-0.3, -0.25) is 4.79 Å². The molecule has 0 saturated heterocycles. The lowest BCUT2D eigenvalue weighted by Gasteiger charge is -2.06. The minimum absolute atomic E-state index is 0.153. The van der Waals surface area contributed by atoms with Crippen LogP contribution in [0.15, 0.2) is 30.3 Å². The number of nitrogens with zero attached hydrogens (tertiary/aromatic N) is 2. The van der Waals surface area contributed by atoms with Gasteiger partial charge in [-0.2, -0.15) is 5.10 Å². The molecular weight excluding hydrogens is 228 g/mol. The van der Waals surface area contributed by atoms with Crippen LogP contribution < -0.4 is 0 Å². The Bertz CT molecular complexity index is 573. The van der Waals surface area contributed by atoms with Gasteiger partial charge in [0.2, 0.25) is 0 Å². The highest BCUT2D eigenvalue weighted by Gasteiger charge is 2.05. The highest BCUT2D eigenvalue weighted by Crippen LogP contribution is 2.14. The molecule has 1 heterocycles. The molecule has 1 N–H and O–H groups in total. The lowest BCUT2D eigenvalue weighted by Crippen LogP contribution is -2.01. The molecule has 0 bridgehead atoms. The third-order valence-electron chi connectivity index (χ3n) is 2.79. The molecule has 0 fully saturated rings. The Labute approximate surface area is 106 Å². The van der Waals surface area contributed by atoms with Crippen molar-refractivity contribution in [3.63, 3.8) is 0 Å². The minimum atomic E-state index is -0.772. The Morgan fingerprint density at radius 1 is 1.33 bits per heavy atom. The normalized spacial score (nSPS) is 10.6. The van der Waals surface area contributed by atoms with E-state index in [2.05, 4.69) is 5.10 Å². The Balaban J connectivity index is 2.27. The maximum absolute atomic E-state index is 10.6. The van der Waals surface area contributed by atoms with Crippen molar-refractivity contribution in [2.24, 2.45) is 0 Å². The van der Waals surface area contributed by atoms with Gasteiger partial charge in [0, 0.05) is 12.1 Å². The average molecular weight is 244 g/mol. The molecule has 0 aliphatic heterocycles. The van der Waals surface area contributed by atoms with Crippen molar-refractivity contribution in [3.05, 3.63) is 47.3 Å². The maximum atomic E-state index is 10.6. The molecule has 0 unspecified atom stereocenters.